The molecule has 176 valence electrons. The lowest BCUT2D eigenvalue weighted by molar-refractivity contribution is -0.121. The molecule has 1 atom stereocenters. The number of hydrogen-bond donors (Lipinski definition) is 3. The highest BCUT2D eigenvalue weighted by molar-refractivity contribution is 6.30. The van der Waals surface area contributed by atoms with E-state index in [4.69, 9.17) is 16.3 Å². The molecule has 34 heavy (non-hydrogen) atoms. The normalized spacial score (nSPS) is 15.0. The molecule has 0 radical (unpaired) electrons. The number of nitrogens with zero attached hydrogens (tertiary/aromatic N) is 1. The molecule has 0 spiro atoms. The molecular weight excluding hydrogens is 452 g/mol. The zero-order chi connectivity index (χ0) is 23.9. The smallest absolute Gasteiger partial charge is 0.323 e. The molecule has 0 aromatic heterocycles. The van der Waals surface area contributed by atoms with Crippen molar-refractivity contribution >= 4 is 40.6 Å². The molecule has 1 fully saturated rings. The fourth-order valence-corrected chi connectivity index (χ4v) is 3.86. The Hall–Kier alpha value is -3.71. The van der Waals surface area contributed by atoms with Crippen molar-refractivity contribution in [1.29, 1.82) is 0 Å². The van der Waals surface area contributed by atoms with Gasteiger partial charge in [-0.15, -0.1) is 0 Å². The van der Waals surface area contributed by atoms with Crippen LogP contribution >= 0.6 is 11.6 Å². The van der Waals surface area contributed by atoms with Gasteiger partial charge in [0.1, 0.15) is 11.5 Å². The molecule has 3 N–H and O–H groups in total. The molecule has 0 bridgehead atoms. The molecule has 1 aliphatic rings. The molecular formula is C26H27ClN4O3. The fraction of sp³-hybridized carbons (Fsp3) is 0.231. The average Bonchev–Trinajstić information content (AvgIpc) is 3.30. The summed E-state index contributed by atoms with van der Waals surface area (Å²) in [5.74, 6) is 1.42. The third-order valence-corrected chi connectivity index (χ3v) is 5.78. The van der Waals surface area contributed by atoms with Gasteiger partial charge in [0.2, 0.25) is 5.91 Å². The summed E-state index contributed by atoms with van der Waals surface area (Å²) in [5.41, 5.74) is 2.41. The van der Waals surface area contributed by atoms with Crippen molar-refractivity contribution < 1.29 is 14.3 Å². The first-order chi connectivity index (χ1) is 16.5. The SMILES string of the molecule is CCC(=O)NC1CCN(c2ccc(NC(=O)Nc3ccc(Oc4ccc(Cl)cc4)cc3)cc2)C1. The molecule has 1 unspecified atom stereocenters. The van der Waals surface area contributed by atoms with E-state index in [1.807, 2.05) is 31.2 Å². The van der Waals surface area contributed by atoms with E-state index in [1.165, 1.54) is 0 Å². The Balaban J connectivity index is 1.26. The number of carbonyl (C=O) groups is 2. The fourth-order valence-electron chi connectivity index (χ4n) is 3.74. The highest BCUT2D eigenvalue weighted by atomic mass is 35.5. The van der Waals surface area contributed by atoms with Gasteiger partial charge in [-0.25, -0.2) is 4.79 Å². The molecule has 3 aromatic carbocycles. The van der Waals surface area contributed by atoms with E-state index < -0.39 is 0 Å². The van der Waals surface area contributed by atoms with Crippen LogP contribution in [0.5, 0.6) is 11.5 Å². The van der Waals surface area contributed by atoms with Crippen molar-refractivity contribution in [3.05, 3.63) is 77.8 Å². The zero-order valence-electron chi connectivity index (χ0n) is 18.9. The second kappa shape index (κ2) is 10.9. The largest absolute Gasteiger partial charge is 0.457 e. The molecule has 1 aliphatic heterocycles. The van der Waals surface area contributed by atoms with Gasteiger partial charge >= 0.3 is 6.03 Å². The summed E-state index contributed by atoms with van der Waals surface area (Å²) in [4.78, 5) is 26.2. The lowest BCUT2D eigenvalue weighted by Crippen LogP contribution is -2.36. The molecule has 3 aromatic rings. The van der Waals surface area contributed by atoms with Crippen molar-refractivity contribution in [3.63, 3.8) is 0 Å². The van der Waals surface area contributed by atoms with Gasteiger partial charge in [-0.3, -0.25) is 4.79 Å². The maximum Gasteiger partial charge on any atom is 0.323 e. The van der Waals surface area contributed by atoms with Crippen molar-refractivity contribution in [2.75, 3.05) is 28.6 Å². The van der Waals surface area contributed by atoms with Gasteiger partial charge in [0.25, 0.3) is 0 Å². The predicted octanol–water partition coefficient (Wildman–Crippen LogP) is 5.88. The van der Waals surface area contributed by atoms with Crippen LogP contribution in [0.25, 0.3) is 0 Å². The minimum atomic E-state index is -0.331. The number of anilines is 3. The summed E-state index contributed by atoms with van der Waals surface area (Å²) in [6, 6.07) is 21.8. The molecule has 0 aliphatic carbocycles. The maximum absolute atomic E-state index is 12.4. The Morgan fingerprint density at radius 3 is 2.06 bits per heavy atom. The number of halogens is 1. The number of amides is 3. The number of benzene rings is 3. The summed E-state index contributed by atoms with van der Waals surface area (Å²) < 4.78 is 5.76. The topological polar surface area (TPSA) is 82.7 Å². The second-order valence-corrected chi connectivity index (χ2v) is 8.50. The quantitative estimate of drug-likeness (QED) is 0.396. The van der Waals surface area contributed by atoms with Crippen LogP contribution in [0, 0.1) is 0 Å². The van der Waals surface area contributed by atoms with Gasteiger partial charge in [0.05, 0.1) is 0 Å². The Labute approximate surface area is 204 Å². The van der Waals surface area contributed by atoms with Crippen LogP contribution in [0.4, 0.5) is 21.9 Å². The van der Waals surface area contributed by atoms with Gasteiger partial charge in [-0.2, -0.15) is 0 Å². The van der Waals surface area contributed by atoms with Gasteiger partial charge in [0, 0.05) is 47.6 Å². The maximum atomic E-state index is 12.4. The average molecular weight is 479 g/mol. The van der Waals surface area contributed by atoms with Crippen molar-refractivity contribution in [3.8, 4) is 11.5 Å². The van der Waals surface area contributed by atoms with Crippen LogP contribution in [0.2, 0.25) is 5.02 Å². The van der Waals surface area contributed by atoms with Crippen LogP contribution < -0.4 is 25.6 Å². The van der Waals surface area contributed by atoms with Crippen LogP contribution in [-0.2, 0) is 4.79 Å². The van der Waals surface area contributed by atoms with Gasteiger partial charge in [-0.1, -0.05) is 18.5 Å². The van der Waals surface area contributed by atoms with E-state index in [0.29, 0.717) is 34.3 Å². The van der Waals surface area contributed by atoms with E-state index in [9.17, 15) is 9.59 Å². The monoisotopic (exact) mass is 478 g/mol. The predicted molar refractivity (Wildman–Crippen MR) is 136 cm³/mol. The minimum absolute atomic E-state index is 0.0844. The highest BCUT2D eigenvalue weighted by Crippen LogP contribution is 2.25. The number of nitrogens with one attached hydrogen (secondary N) is 3. The van der Waals surface area contributed by atoms with Crippen LogP contribution in [0.3, 0.4) is 0 Å². The highest BCUT2D eigenvalue weighted by Gasteiger charge is 2.23. The first kappa shape index (κ1) is 23.4. The first-order valence-corrected chi connectivity index (χ1v) is 11.6. The molecule has 1 saturated heterocycles. The third kappa shape index (κ3) is 6.42. The van der Waals surface area contributed by atoms with E-state index in [-0.39, 0.29) is 18.0 Å². The Morgan fingerprint density at radius 2 is 1.47 bits per heavy atom. The second-order valence-electron chi connectivity index (χ2n) is 8.06. The third-order valence-electron chi connectivity index (χ3n) is 5.53. The number of urea groups is 1. The molecule has 1 heterocycles. The van der Waals surface area contributed by atoms with E-state index >= 15 is 0 Å². The summed E-state index contributed by atoms with van der Waals surface area (Å²) in [7, 11) is 0. The molecule has 0 saturated carbocycles. The Morgan fingerprint density at radius 1 is 0.912 bits per heavy atom. The van der Waals surface area contributed by atoms with Crippen LogP contribution in [0.15, 0.2) is 72.8 Å². The summed E-state index contributed by atoms with van der Waals surface area (Å²) >= 11 is 5.89. The lowest BCUT2D eigenvalue weighted by Gasteiger charge is -2.19. The summed E-state index contributed by atoms with van der Waals surface area (Å²) in [6.45, 7) is 3.53. The van der Waals surface area contributed by atoms with Crippen molar-refractivity contribution in [2.45, 2.75) is 25.8 Å². The van der Waals surface area contributed by atoms with Gasteiger partial charge < -0.3 is 25.6 Å². The molecule has 3 amide bonds. The summed E-state index contributed by atoms with van der Waals surface area (Å²) in [5, 5.41) is 9.35. The minimum Gasteiger partial charge on any atom is -0.457 e. The van der Waals surface area contributed by atoms with Crippen molar-refractivity contribution in [2.24, 2.45) is 0 Å². The van der Waals surface area contributed by atoms with Crippen molar-refractivity contribution in [1.82, 2.24) is 5.32 Å². The van der Waals surface area contributed by atoms with E-state index in [2.05, 4.69) is 20.9 Å². The van der Waals surface area contributed by atoms with E-state index in [0.717, 1.165) is 25.2 Å². The number of ether oxygens (including phenoxy) is 1. The first-order valence-electron chi connectivity index (χ1n) is 11.2. The standard InChI is InChI=1S/C26H27ClN4O3/c1-2-25(32)28-21-15-16-31(17-21)22-9-5-19(6-10-22)29-26(33)30-20-7-13-24(14-8-20)34-23-11-3-18(27)4-12-23/h3-14,21H,2,15-17H2,1H3,(H,28,32)(H2,29,30,33). The van der Waals surface area contributed by atoms with E-state index in [1.54, 1.807) is 48.5 Å². The van der Waals surface area contributed by atoms with Gasteiger partial charge in [0.15, 0.2) is 0 Å². The number of carbonyl (C=O) groups excluding carboxylic acids is 2. The zero-order valence-corrected chi connectivity index (χ0v) is 19.6. The number of rotatable bonds is 7. The lowest BCUT2D eigenvalue weighted by atomic mass is 10.2. The number of hydrogen-bond acceptors (Lipinski definition) is 4. The molecule has 4 rings (SSSR count). The van der Waals surface area contributed by atoms with Crippen LogP contribution in [-0.4, -0.2) is 31.1 Å². The Bertz CT molecular complexity index is 1120. The molecule has 8 heteroatoms. The van der Waals surface area contributed by atoms with Crippen LogP contribution in [0.1, 0.15) is 19.8 Å². The van der Waals surface area contributed by atoms with Gasteiger partial charge in [-0.05, 0) is 79.2 Å². The summed E-state index contributed by atoms with van der Waals surface area (Å²) in [6.07, 6.45) is 1.43. The molecule has 7 nitrogen and oxygen atoms in total. The Kier molecular flexibility index (Phi) is 7.54.